The predicted octanol–water partition coefficient (Wildman–Crippen LogP) is 2.49. The Hall–Kier alpha value is -4.60. The minimum Gasteiger partial charge on any atom is -0.464 e. The Morgan fingerprint density at radius 3 is 1.16 bits per heavy atom. The first-order valence-electron chi connectivity index (χ1n) is 9.06. The van der Waals surface area contributed by atoms with Gasteiger partial charge in [0.1, 0.15) is 34.3 Å². The molecule has 10 heteroatoms. The molecule has 0 unspecified atom stereocenters. The molecule has 10 nitrogen and oxygen atoms in total. The first-order valence-corrected chi connectivity index (χ1v) is 9.06. The van der Waals surface area contributed by atoms with Gasteiger partial charge in [0, 0.05) is 0 Å². The molecule has 0 bridgehead atoms. The van der Waals surface area contributed by atoms with Crippen LogP contribution >= 0.6 is 0 Å². The van der Waals surface area contributed by atoms with Crippen LogP contribution in [0.4, 0.5) is 0 Å². The molecule has 32 heavy (non-hydrogen) atoms. The molecule has 0 N–H and O–H groups in total. The van der Waals surface area contributed by atoms with Crippen LogP contribution in [0, 0.1) is 0 Å². The number of nitrogens with zero attached hydrogens (tertiary/aromatic N) is 2. The van der Waals surface area contributed by atoms with Gasteiger partial charge >= 0.3 is 23.9 Å². The molecule has 0 aliphatic carbocycles. The van der Waals surface area contributed by atoms with E-state index in [-0.39, 0.29) is 34.3 Å². The third kappa shape index (κ3) is 5.30. The van der Waals surface area contributed by atoms with Gasteiger partial charge in [-0.05, 0) is 48.5 Å². The van der Waals surface area contributed by atoms with Crippen molar-refractivity contribution >= 4 is 23.9 Å². The maximum absolute atomic E-state index is 12.3. The van der Waals surface area contributed by atoms with E-state index in [9.17, 15) is 19.2 Å². The standard InChI is InChI=1S/C22H16N2O8/c1-29-19(25)15-5-3-7-17(23-15)21(27)31-13-9-11-14(12-10-13)32-22(28)18-8-4-6-16(24-18)20(26)30-2/h3-12H,1-2H3. The molecule has 0 spiro atoms. The molecule has 0 atom stereocenters. The number of esters is 4. The van der Waals surface area contributed by atoms with Crippen LogP contribution in [0.25, 0.3) is 0 Å². The van der Waals surface area contributed by atoms with Gasteiger partial charge in [0.15, 0.2) is 0 Å². The lowest BCUT2D eigenvalue weighted by Gasteiger charge is -2.07. The van der Waals surface area contributed by atoms with Crippen LogP contribution in [0.5, 0.6) is 11.5 Å². The number of aromatic nitrogens is 2. The molecule has 0 saturated carbocycles. The van der Waals surface area contributed by atoms with Crippen molar-refractivity contribution in [3.05, 3.63) is 83.4 Å². The number of rotatable bonds is 6. The van der Waals surface area contributed by atoms with E-state index in [0.29, 0.717) is 0 Å². The quantitative estimate of drug-likeness (QED) is 0.419. The van der Waals surface area contributed by atoms with Crippen molar-refractivity contribution in [2.75, 3.05) is 14.2 Å². The maximum atomic E-state index is 12.3. The number of methoxy groups -OCH3 is 2. The van der Waals surface area contributed by atoms with Gasteiger partial charge < -0.3 is 18.9 Å². The zero-order valence-corrected chi connectivity index (χ0v) is 16.9. The summed E-state index contributed by atoms with van der Waals surface area (Å²) in [4.78, 5) is 55.4. The zero-order chi connectivity index (χ0) is 23.1. The summed E-state index contributed by atoms with van der Waals surface area (Å²) < 4.78 is 19.6. The molecule has 3 rings (SSSR count). The highest BCUT2D eigenvalue weighted by Crippen LogP contribution is 2.19. The molecule has 0 saturated heterocycles. The van der Waals surface area contributed by atoms with Crippen molar-refractivity contribution in [3.63, 3.8) is 0 Å². The van der Waals surface area contributed by atoms with E-state index in [4.69, 9.17) is 9.47 Å². The van der Waals surface area contributed by atoms with Gasteiger partial charge in [-0.1, -0.05) is 12.1 Å². The SMILES string of the molecule is COC(=O)c1cccc(C(=O)Oc2ccc(OC(=O)c3cccc(C(=O)OC)n3)cc2)n1. The normalized spacial score (nSPS) is 10.1. The molecule has 2 aromatic heterocycles. The molecule has 0 fully saturated rings. The second-order valence-electron chi connectivity index (χ2n) is 6.05. The van der Waals surface area contributed by atoms with Gasteiger partial charge in [-0.2, -0.15) is 0 Å². The lowest BCUT2D eigenvalue weighted by molar-refractivity contribution is 0.0583. The summed E-state index contributed by atoms with van der Waals surface area (Å²) in [6.07, 6.45) is 0. The van der Waals surface area contributed by atoms with Crippen LogP contribution in [-0.2, 0) is 9.47 Å². The summed E-state index contributed by atoms with van der Waals surface area (Å²) in [5, 5.41) is 0. The third-order valence-electron chi connectivity index (χ3n) is 3.95. The van der Waals surface area contributed by atoms with Gasteiger partial charge in [0.2, 0.25) is 0 Å². The number of carbonyl (C=O) groups is 4. The van der Waals surface area contributed by atoms with Crippen LogP contribution in [0.3, 0.4) is 0 Å². The zero-order valence-electron chi connectivity index (χ0n) is 16.9. The topological polar surface area (TPSA) is 131 Å². The van der Waals surface area contributed by atoms with Gasteiger partial charge in [-0.3, -0.25) is 0 Å². The molecular formula is C22H16N2O8. The summed E-state index contributed by atoms with van der Waals surface area (Å²) >= 11 is 0. The maximum Gasteiger partial charge on any atom is 0.362 e. The number of pyridine rings is 2. The van der Waals surface area contributed by atoms with E-state index in [1.807, 2.05) is 0 Å². The summed E-state index contributed by atoms with van der Waals surface area (Å²) in [7, 11) is 2.41. The van der Waals surface area contributed by atoms with E-state index in [1.165, 1.54) is 74.9 Å². The van der Waals surface area contributed by atoms with Gasteiger partial charge in [-0.15, -0.1) is 0 Å². The predicted molar refractivity (Wildman–Crippen MR) is 108 cm³/mol. The smallest absolute Gasteiger partial charge is 0.362 e. The van der Waals surface area contributed by atoms with Crippen LogP contribution in [0.15, 0.2) is 60.7 Å². The van der Waals surface area contributed by atoms with E-state index in [2.05, 4.69) is 19.4 Å². The number of carbonyl (C=O) groups excluding carboxylic acids is 4. The second kappa shape index (κ2) is 9.94. The Morgan fingerprint density at radius 2 is 0.844 bits per heavy atom. The molecular weight excluding hydrogens is 420 g/mol. The summed E-state index contributed by atoms with van der Waals surface area (Å²) in [5.74, 6) is -2.62. The summed E-state index contributed by atoms with van der Waals surface area (Å²) in [6, 6.07) is 14.2. The number of hydrogen-bond donors (Lipinski definition) is 0. The lowest BCUT2D eigenvalue weighted by Crippen LogP contribution is -2.14. The fraction of sp³-hybridized carbons (Fsp3) is 0.0909. The van der Waals surface area contributed by atoms with Crippen molar-refractivity contribution in [3.8, 4) is 11.5 Å². The highest BCUT2D eigenvalue weighted by Gasteiger charge is 2.16. The fourth-order valence-electron chi connectivity index (χ4n) is 2.43. The number of hydrogen-bond acceptors (Lipinski definition) is 10. The van der Waals surface area contributed by atoms with Crippen LogP contribution < -0.4 is 9.47 Å². The molecule has 0 aliphatic rings. The third-order valence-corrected chi connectivity index (χ3v) is 3.95. The molecule has 0 amide bonds. The van der Waals surface area contributed by atoms with E-state index in [0.717, 1.165) is 0 Å². The molecule has 1 aromatic carbocycles. The Kier molecular flexibility index (Phi) is 6.86. The summed E-state index contributed by atoms with van der Waals surface area (Å²) in [6.45, 7) is 0. The van der Waals surface area contributed by atoms with Crippen LogP contribution in [-0.4, -0.2) is 48.1 Å². The highest BCUT2D eigenvalue weighted by molar-refractivity contribution is 5.93. The molecule has 0 radical (unpaired) electrons. The average molecular weight is 436 g/mol. The van der Waals surface area contributed by atoms with Gasteiger partial charge in [0.25, 0.3) is 0 Å². The Balaban J connectivity index is 1.65. The Bertz CT molecular complexity index is 1080. The van der Waals surface area contributed by atoms with E-state index in [1.54, 1.807) is 0 Å². The van der Waals surface area contributed by atoms with Crippen LogP contribution in [0.1, 0.15) is 42.0 Å². The minimum absolute atomic E-state index is 0.0333. The van der Waals surface area contributed by atoms with Crippen molar-refractivity contribution in [1.29, 1.82) is 0 Å². The van der Waals surface area contributed by atoms with Crippen LogP contribution in [0.2, 0.25) is 0 Å². The van der Waals surface area contributed by atoms with Gasteiger partial charge in [0.05, 0.1) is 14.2 Å². The van der Waals surface area contributed by atoms with Crippen molar-refractivity contribution in [1.82, 2.24) is 9.97 Å². The summed E-state index contributed by atoms with van der Waals surface area (Å²) in [5.41, 5.74) is -0.233. The fourth-order valence-corrected chi connectivity index (χ4v) is 2.43. The van der Waals surface area contributed by atoms with E-state index < -0.39 is 23.9 Å². The number of ether oxygens (including phenoxy) is 4. The second-order valence-corrected chi connectivity index (χ2v) is 6.05. The first kappa shape index (κ1) is 22.1. The van der Waals surface area contributed by atoms with Crippen molar-refractivity contribution in [2.45, 2.75) is 0 Å². The molecule has 3 aromatic rings. The minimum atomic E-state index is -0.788. The average Bonchev–Trinajstić information content (AvgIpc) is 2.84. The molecule has 2 heterocycles. The van der Waals surface area contributed by atoms with E-state index >= 15 is 0 Å². The number of benzene rings is 1. The van der Waals surface area contributed by atoms with Crippen molar-refractivity contribution < 1.29 is 38.1 Å². The molecule has 162 valence electrons. The Morgan fingerprint density at radius 1 is 0.531 bits per heavy atom. The first-order chi connectivity index (χ1) is 15.4. The highest BCUT2D eigenvalue weighted by atomic mass is 16.5. The largest absolute Gasteiger partial charge is 0.464 e. The van der Waals surface area contributed by atoms with Crippen molar-refractivity contribution in [2.24, 2.45) is 0 Å². The Labute approximate surface area is 181 Å². The lowest BCUT2D eigenvalue weighted by atomic mass is 10.3. The molecule has 0 aliphatic heterocycles. The van der Waals surface area contributed by atoms with Gasteiger partial charge in [-0.25, -0.2) is 29.1 Å². The monoisotopic (exact) mass is 436 g/mol.